The summed E-state index contributed by atoms with van der Waals surface area (Å²) in [4.78, 5) is 18.4. The first-order valence-corrected chi connectivity index (χ1v) is 9.00. The minimum absolute atomic E-state index is 0.0665. The van der Waals surface area contributed by atoms with E-state index in [1.165, 1.54) is 0 Å². The van der Waals surface area contributed by atoms with Crippen LogP contribution in [-0.4, -0.2) is 51.6 Å². The number of aliphatic imine (C=N–C) groups is 1. The van der Waals surface area contributed by atoms with Gasteiger partial charge < -0.3 is 25.0 Å². The molecule has 0 radical (unpaired) electrons. The molecular formula is C22H26N4O3. The molecule has 0 aliphatic heterocycles. The van der Waals surface area contributed by atoms with Crippen molar-refractivity contribution in [2.45, 2.75) is 6.54 Å². The van der Waals surface area contributed by atoms with Gasteiger partial charge in [-0.2, -0.15) is 0 Å². The lowest BCUT2D eigenvalue weighted by molar-refractivity contribution is -0.115. The molecule has 0 aliphatic carbocycles. The summed E-state index contributed by atoms with van der Waals surface area (Å²) in [5.74, 6) is 4.37. The summed E-state index contributed by atoms with van der Waals surface area (Å²) in [6.45, 7) is 0.607. The van der Waals surface area contributed by atoms with Crippen molar-refractivity contribution in [3.05, 3.63) is 53.6 Å². The highest BCUT2D eigenvalue weighted by molar-refractivity contribution is 5.95. The molecular weight excluding hydrogens is 368 g/mol. The topological polar surface area (TPSA) is 75.2 Å². The van der Waals surface area contributed by atoms with Gasteiger partial charge in [-0.05, 0) is 30.3 Å². The van der Waals surface area contributed by atoms with E-state index in [-0.39, 0.29) is 12.5 Å². The van der Waals surface area contributed by atoms with Crippen molar-refractivity contribution in [1.82, 2.24) is 10.2 Å². The number of nitrogens with zero attached hydrogens (tertiary/aromatic N) is 2. The monoisotopic (exact) mass is 394 g/mol. The fourth-order valence-corrected chi connectivity index (χ4v) is 2.75. The average molecular weight is 394 g/mol. The van der Waals surface area contributed by atoms with Crippen molar-refractivity contribution in [3.63, 3.8) is 0 Å². The predicted molar refractivity (Wildman–Crippen MR) is 115 cm³/mol. The molecule has 2 aromatic carbocycles. The van der Waals surface area contributed by atoms with Gasteiger partial charge in [0, 0.05) is 43.5 Å². The zero-order valence-corrected chi connectivity index (χ0v) is 17.2. The average Bonchev–Trinajstić information content (AvgIpc) is 2.74. The molecule has 0 fully saturated rings. The number of rotatable bonds is 7. The molecule has 29 heavy (non-hydrogen) atoms. The van der Waals surface area contributed by atoms with E-state index < -0.39 is 0 Å². The van der Waals surface area contributed by atoms with Gasteiger partial charge in [0.2, 0.25) is 5.91 Å². The molecule has 7 heteroatoms. The minimum Gasteiger partial charge on any atom is -0.497 e. The quantitative estimate of drug-likeness (QED) is 0.428. The van der Waals surface area contributed by atoms with Gasteiger partial charge in [0.05, 0.1) is 20.8 Å². The Labute approximate surface area is 171 Å². The van der Waals surface area contributed by atoms with Gasteiger partial charge in [-0.3, -0.25) is 9.79 Å². The smallest absolute Gasteiger partial charge is 0.243 e. The van der Waals surface area contributed by atoms with Crippen molar-refractivity contribution in [2.24, 2.45) is 4.99 Å². The van der Waals surface area contributed by atoms with Crippen LogP contribution in [0.25, 0.3) is 0 Å². The lowest BCUT2D eigenvalue weighted by Gasteiger charge is -2.23. The molecule has 0 bridgehead atoms. The summed E-state index contributed by atoms with van der Waals surface area (Å²) in [5.41, 5.74) is 2.33. The van der Waals surface area contributed by atoms with Crippen LogP contribution in [0.1, 0.15) is 11.1 Å². The second kappa shape index (κ2) is 10.6. The van der Waals surface area contributed by atoms with Crippen molar-refractivity contribution >= 4 is 17.6 Å². The molecule has 0 saturated heterocycles. The molecule has 0 aromatic heterocycles. The summed E-state index contributed by atoms with van der Waals surface area (Å²) in [5, 5.41) is 5.87. The molecule has 0 saturated carbocycles. The number of nitrogens with one attached hydrogen (secondary N) is 2. The number of ether oxygens (including phenoxy) is 2. The number of guanidine groups is 1. The van der Waals surface area contributed by atoms with Gasteiger partial charge in [-0.15, -0.1) is 6.42 Å². The molecule has 2 aromatic rings. The molecule has 152 valence electrons. The van der Waals surface area contributed by atoms with E-state index in [2.05, 4.69) is 21.5 Å². The van der Waals surface area contributed by atoms with Gasteiger partial charge in [0.15, 0.2) is 5.96 Å². The third-order valence-electron chi connectivity index (χ3n) is 4.20. The number of anilines is 1. The fourth-order valence-electron chi connectivity index (χ4n) is 2.75. The van der Waals surface area contributed by atoms with Crippen LogP contribution in [0.2, 0.25) is 0 Å². The van der Waals surface area contributed by atoms with Crippen LogP contribution in [0.5, 0.6) is 11.5 Å². The van der Waals surface area contributed by atoms with Crippen molar-refractivity contribution < 1.29 is 14.3 Å². The number of carbonyl (C=O) groups excluding carboxylic acids is 1. The molecule has 1 amide bonds. The number of amides is 1. The number of benzene rings is 2. The van der Waals surface area contributed by atoms with Crippen LogP contribution in [0.4, 0.5) is 5.69 Å². The number of methoxy groups -OCH3 is 2. The molecule has 0 spiro atoms. The van der Waals surface area contributed by atoms with Gasteiger partial charge in [-0.1, -0.05) is 12.0 Å². The highest BCUT2D eigenvalue weighted by Crippen LogP contribution is 2.25. The Kier molecular flexibility index (Phi) is 7.92. The second-order valence-corrected chi connectivity index (χ2v) is 6.21. The van der Waals surface area contributed by atoms with Crippen LogP contribution in [0, 0.1) is 12.3 Å². The Hall–Kier alpha value is -3.66. The Morgan fingerprint density at radius 1 is 1.21 bits per heavy atom. The van der Waals surface area contributed by atoms with Gasteiger partial charge >= 0.3 is 0 Å². The highest BCUT2D eigenvalue weighted by Gasteiger charge is 2.12. The summed E-state index contributed by atoms with van der Waals surface area (Å²) in [6, 6.07) is 12.8. The van der Waals surface area contributed by atoms with Crippen LogP contribution >= 0.6 is 0 Å². The van der Waals surface area contributed by atoms with E-state index in [1.54, 1.807) is 45.5 Å². The Morgan fingerprint density at radius 3 is 2.66 bits per heavy atom. The van der Waals surface area contributed by atoms with E-state index in [4.69, 9.17) is 15.9 Å². The fraction of sp³-hybridized carbons (Fsp3) is 0.273. The summed E-state index contributed by atoms with van der Waals surface area (Å²) in [6.07, 6.45) is 5.39. The minimum atomic E-state index is -0.198. The maximum atomic E-state index is 12.3. The molecule has 0 atom stereocenters. The maximum absolute atomic E-state index is 12.3. The number of carbonyl (C=O) groups is 1. The van der Waals surface area contributed by atoms with E-state index >= 15 is 0 Å². The lowest BCUT2D eigenvalue weighted by atomic mass is 10.2. The number of hydrogen-bond donors (Lipinski definition) is 2. The molecule has 0 aliphatic rings. The first kappa shape index (κ1) is 21.6. The SMILES string of the molecule is C#Cc1cccc(NC(=O)CNC(=NC)N(C)Cc2ccc(OC)cc2OC)c1. The summed E-state index contributed by atoms with van der Waals surface area (Å²) < 4.78 is 10.7. The molecule has 7 nitrogen and oxygen atoms in total. The number of hydrogen-bond acceptors (Lipinski definition) is 4. The normalized spacial score (nSPS) is 10.7. The Balaban J connectivity index is 1.95. The molecule has 2 N–H and O–H groups in total. The van der Waals surface area contributed by atoms with Crippen LogP contribution in [0.3, 0.4) is 0 Å². The third-order valence-corrected chi connectivity index (χ3v) is 4.20. The predicted octanol–water partition coefficient (Wildman–Crippen LogP) is 2.33. The maximum Gasteiger partial charge on any atom is 0.243 e. The standard InChI is InChI=1S/C22H26N4O3/c1-6-16-8-7-9-18(12-16)25-21(27)14-24-22(23-2)26(3)15-17-10-11-19(28-4)13-20(17)29-5/h1,7-13H,14-15H2,2-5H3,(H,23,24)(H,25,27). The first-order valence-electron chi connectivity index (χ1n) is 9.00. The second-order valence-electron chi connectivity index (χ2n) is 6.21. The van der Waals surface area contributed by atoms with Crippen molar-refractivity contribution in [1.29, 1.82) is 0 Å². The number of terminal acetylenes is 1. The first-order chi connectivity index (χ1) is 14.0. The lowest BCUT2D eigenvalue weighted by Crippen LogP contribution is -2.42. The van der Waals surface area contributed by atoms with Gasteiger partial charge in [0.1, 0.15) is 11.5 Å². The van der Waals surface area contributed by atoms with Crippen molar-refractivity contribution in [2.75, 3.05) is 40.2 Å². The van der Waals surface area contributed by atoms with Gasteiger partial charge in [0.25, 0.3) is 0 Å². The molecule has 2 rings (SSSR count). The Bertz CT molecular complexity index is 919. The largest absolute Gasteiger partial charge is 0.497 e. The van der Waals surface area contributed by atoms with E-state index in [0.29, 0.717) is 23.8 Å². The molecule has 0 unspecified atom stereocenters. The van der Waals surface area contributed by atoms with Crippen LogP contribution in [-0.2, 0) is 11.3 Å². The van der Waals surface area contributed by atoms with Gasteiger partial charge in [-0.25, -0.2) is 0 Å². The van der Waals surface area contributed by atoms with Crippen LogP contribution in [0.15, 0.2) is 47.5 Å². The zero-order chi connectivity index (χ0) is 21.2. The van der Waals surface area contributed by atoms with E-state index in [9.17, 15) is 4.79 Å². The van der Waals surface area contributed by atoms with E-state index in [0.717, 1.165) is 17.1 Å². The highest BCUT2D eigenvalue weighted by atomic mass is 16.5. The third kappa shape index (κ3) is 6.18. The van der Waals surface area contributed by atoms with Crippen LogP contribution < -0.4 is 20.1 Å². The summed E-state index contributed by atoms with van der Waals surface area (Å²) in [7, 11) is 6.77. The van der Waals surface area contributed by atoms with Crippen molar-refractivity contribution in [3.8, 4) is 23.8 Å². The zero-order valence-electron chi connectivity index (χ0n) is 17.2. The molecule has 0 heterocycles. The van der Waals surface area contributed by atoms with E-state index in [1.807, 2.05) is 30.1 Å². The summed E-state index contributed by atoms with van der Waals surface area (Å²) >= 11 is 0. The Morgan fingerprint density at radius 2 is 2.00 bits per heavy atom.